The van der Waals surface area contributed by atoms with E-state index in [0.29, 0.717) is 5.71 Å². The minimum Gasteiger partial charge on any atom is -0.303 e. The number of thiophene rings is 1. The van der Waals surface area contributed by atoms with Gasteiger partial charge in [0.1, 0.15) is 0 Å². The molecule has 0 aromatic carbocycles. The van der Waals surface area contributed by atoms with Gasteiger partial charge in [0.25, 0.3) is 0 Å². The minimum atomic E-state index is 0.667. The Balaban J connectivity index is 2.01. The van der Waals surface area contributed by atoms with Crippen molar-refractivity contribution in [2.45, 2.75) is 33.1 Å². The van der Waals surface area contributed by atoms with Crippen molar-refractivity contribution in [2.75, 3.05) is 0 Å². The molecule has 0 atom stereocenters. The van der Waals surface area contributed by atoms with Crippen LogP contribution in [0.4, 0.5) is 0 Å². The van der Waals surface area contributed by atoms with Gasteiger partial charge in [-0.2, -0.15) is 0 Å². The van der Waals surface area contributed by atoms with E-state index in [1.807, 2.05) is 12.8 Å². The quantitative estimate of drug-likeness (QED) is 0.749. The van der Waals surface area contributed by atoms with Crippen LogP contribution in [0.25, 0.3) is 0 Å². The number of unbranched alkanes of at least 4 members (excludes halogenated alkanes) is 1. The highest BCUT2D eigenvalue weighted by molar-refractivity contribution is 7.14. The Kier molecular flexibility index (Phi) is 4.38. The fraction of sp³-hybridized carbons (Fsp3) is 0.333. The zero-order chi connectivity index (χ0) is 12.3. The lowest BCUT2D eigenvalue weighted by molar-refractivity contribution is 0.804. The highest BCUT2D eigenvalue weighted by atomic mass is 32.1. The second-order valence-corrected chi connectivity index (χ2v) is 5.54. The van der Waals surface area contributed by atoms with Crippen molar-refractivity contribution in [1.29, 1.82) is 5.41 Å². The van der Waals surface area contributed by atoms with Crippen LogP contribution in [-0.2, 0) is 6.42 Å². The summed E-state index contributed by atoms with van der Waals surface area (Å²) >= 11 is 1.76. The molecule has 89 valence electrons. The topological polar surface area (TPSA) is 23.9 Å². The maximum atomic E-state index is 8.23. The van der Waals surface area contributed by atoms with E-state index < -0.39 is 0 Å². The standard InChI is InChI=1S/C15H18NS/c1-3-4-7-12-9-10-14(17-12)15(16)13-8-5-6-11(13)2/h5-6,8-10,16H,3-4,7H2,1-2H3. The van der Waals surface area contributed by atoms with Crippen molar-refractivity contribution < 1.29 is 0 Å². The highest BCUT2D eigenvalue weighted by Crippen LogP contribution is 2.36. The van der Waals surface area contributed by atoms with E-state index in [4.69, 9.17) is 5.41 Å². The van der Waals surface area contributed by atoms with Gasteiger partial charge in [0.05, 0.1) is 5.71 Å². The maximum Gasteiger partial charge on any atom is 0.0566 e. The molecule has 0 saturated heterocycles. The van der Waals surface area contributed by atoms with E-state index in [-0.39, 0.29) is 0 Å². The molecule has 0 bridgehead atoms. The molecule has 0 spiro atoms. The van der Waals surface area contributed by atoms with Gasteiger partial charge in [0.15, 0.2) is 0 Å². The number of hydrogen-bond acceptors (Lipinski definition) is 2. The van der Waals surface area contributed by atoms with E-state index in [1.165, 1.54) is 23.6 Å². The Morgan fingerprint density at radius 2 is 2.12 bits per heavy atom. The fourth-order valence-electron chi connectivity index (χ4n) is 1.92. The van der Waals surface area contributed by atoms with Crippen molar-refractivity contribution >= 4 is 17.0 Å². The number of rotatable bonds is 5. The third-order valence-corrected chi connectivity index (χ3v) is 4.15. The Hall–Kier alpha value is -0.630. The van der Waals surface area contributed by atoms with Crippen molar-refractivity contribution in [1.82, 2.24) is 0 Å². The van der Waals surface area contributed by atoms with Crippen LogP contribution in [0.3, 0.4) is 0 Å². The lowest BCUT2D eigenvalue weighted by Gasteiger charge is -2.13. The van der Waals surface area contributed by atoms with Crippen LogP contribution < -0.4 is 0 Å². The smallest absolute Gasteiger partial charge is 0.0566 e. The van der Waals surface area contributed by atoms with E-state index in [2.05, 4.69) is 32.4 Å². The van der Waals surface area contributed by atoms with E-state index in [0.717, 1.165) is 17.2 Å². The monoisotopic (exact) mass is 244 g/mol. The molecule has 1 heterocycles. The van der Waals surface area contributed by atoms with Gasteiger partial charge < -0.3 is 5.41 Å². The van der Waals surface area contributed by atoms with Crippen LogP contribution in [0, 0.1) is 36.5 Å². The van der Waals surface area contributed by atoms with Crippen LogP contribution in [-0.4, -0.2) is 5.71 Å². The molecule has 17 heavy (non-hydrogen) atoms. The van der Waals surface area contributed by atoms with Gasteiger partial charge in [-0.05, 0) is 50.2 Å². The average molecular weight is 244 g/mol. The zero-order valence-electron chi connectivity index (χ0n) is 10.4. The molecule has 1 fully saturated rings. The number of hydrogen-bond donors (Lipinski definition) is 1. The van der Waals surface area contributed by atoms with Gasteiger partial charge in [0.2, 0.25) is 0 Å². The van der Waals surface area contributed by atoms with Gasteiger partial charge in [-0.1, -0.05) is 20.3 Å². The third-order valence-electron chi connectivity index (χ3n) is 2.99. The van der Waals surface area contributed by atoms with Crippen LogP contribution in [0.15, 0.2) is 12.1 Å². The first-order valence-electron chi connectivity index (χ1n) is 6.12. The van der Waals surface area contributed by atoms with Crippen molar-refractivity contribution in [3.63, 3.8) is 0 Å². The maximum absolute atomic E-state index is 8.23. The molecule has 1 nitrogen and oxygen atoms in total. The van der Waals surface area contributed by atoms with Crippen molar-refractivity contribution in [2.24, 2.45) is 0 Å². The van der Waals surface area contributed by atoms with Gasteiger partial charge in [-0.15, -0.1) is 11.3 Å². The van der Waals surface area contributed by atoms with E-state index in [1.54, 1.807) is 11.3 Å². The number of nitrogens with one attached hydrogen (secondary N) is 1. The lowest BCUT2D eigenvalue weighted by atomic mass is 9.92. The van der Waals surface area contributed by atoms with Crippen LogP contribution in [0.1, 0.15) is 36.4 Å². The molecule has 0 amide bonds. The molecule has 2 rings (SSSR count). The van der Waals surface area contributed by atoms with Crippen LogP contribution >= 0.6 is 11.3 Å². The summed E-state index contributed by atoms with van der Waals surface area (Å²) in [5.74, 6) is 2.26. The molecule has 1 aliphatic carbocycles. The minimum absolute atomic E-state index is 0.667. The lowest BCUT2D eigenvalue weighted by Crippen LogP contribution is -2.12. The molecule has 1 aromatic rings. The SMILES string of the molecule is CCCCc1ccc(C(=N)[C]2[CH][CH][CH][C]2C)s1. The van der Waals surface area contributed by atoms with Crippen molar-refractivity contribution in [3.05, 3.63) is 53.0 Å². The zero-order valence-corrected chi connectivity index (χ0v) is 11.2. The Labute approximate surface area is 109 Å². The van der Waals surface area contributed by atoms with Gasteiger partial charge in [0, 0.05) is 15.7 Å². The van der Waals surface area contributed by atoms with E-state index in [9.17, 15) is 0 Å². The first kappa shape index (κ1) is 12.8. The van der Waals surface area contributed by atoms with Crippen LogP contribution in [0.2, 0.25) is 0 Å². The molecule has 0 aliphatic heterocycles. The van der Waals surface area contributed by atoms with E-state index >= 15 is 0 Å². The molecule has 1 aliphatic rings. The predicted molar refractivity (Wildman–Crippen MR) is 74.8 cm³/mol. The summed E-state index contributed by atoms with van der Waals surface area (Å²) < 4.78 is 0. The number of aryl methyl sites for hydroxylation is 1. The highest BCUT2D eigenvalue weighted by Gasteiger charge is 2.30. The molecule has 1 aromatic heterocycles. The first-order valence-corrected chi connectivity index (χ1v) is 6.94. The fourth-order valence-corrected chi connectivity index (χ4v) is 2.93. The van der Waals surface area contributed by atoms with Gasteiger partial charge >= 0.3 is 0 Å². The Bertz CT molecular complexity index is 380. The Morgan fingerprint density at radius 3 is 2.76 bits per heavy atom. The first-order chi connectivity index (χ1) is 8.22. The summed E-state index contributed by atoms with van der Waals surface area (Å²) in [7, 11) is 0. The molecular weight excluding hydrogens is 226 g/mol. The predicted octanol–water partition coefficient (Wildman–Crippen LogP) is 4.25. The van der Waals surface area contributed by atoms with Gasteiger partial charge in [-0.25, -0.2) is 0 Å². The van der Waals surface area contributed by atoms with Crippen LogP contribution in [0.5, 0.6) is 0 Å². The second kappa shape index (κ2) is 5.81. The molecule has 5 radical (unpaired) electrons. The summed E-state index contributed by atoms with van der Waals surface area (Å²) in [4.78, 5) is 2.49. The third kappa shape index (κ3) is 2.98. The normalized spacial score (nSPS) is 17.8. The Morgan fingerprint density at radius 1 is 1.29 bits per heavy atom. The average Bonchev–Trinajstić information content (AvgIpc) is 2.94. The summed E-state index contributed by atoms with van der Waals surface area (Å²) in [5, 5.41) is 8.23. The summed E-state index contributed by atoms with van der Waals surface area (Å²) in [6.45, 7) is 4.28. The largest absolute Gasteiger partial charge is 0.303 e. The van der Waals surface area contributed by atoms with Crippen molar-refractivity contribution in [3.8, 4) is 0 Å². The molecule has 2 heteroatoms. The summed E-state index contributed by atoms with van der Waals surface area (Å²) in [5.41, 5.74) is 0.667. The second-order valence-electron chi connectivity index (χ2n) is 4.37. The molecule has 1 saturated carbocycles. The molecular formula is C15H18NS. The molecule has 0 unspecified atom stereocenters. The summed E-state index contributed by atoms with van der Waals surface area (Å²) in [6, 6.07) is 4.26. The summed E-state index contributed by atoms with van der Waals surface area (Å²) in [6.07, 6.45) is 9.73. The van der Waals surface area contributed by atoms with Gasteiger partial charge in [-0.3, -0.25) is 0 Å². The molecule has 1 N–H and O–H groups in total.